The van der Waals surface area contributed by atoms with Crippen LogP contribution in [0.1, 0.15) is 18.6 Å². The molecule has 0 bridgehead atoms. The highest BCUT2D eigenvalue weighted by Crippen LogP contribution is 2.25. The molecule has 0 aliphatic rings. The normalized spacial score (nSPS) is 12.7. The van der Waals surface area contributed by atoms with Gasteiger partial charge in [0.2, 0.25) is 0 Å². The Morgan fingerprint density at radius 2 is 2.17 bits per heavy atom. The zero-order valence-corrected chi connectivity index (χ0v) is 8.01. The van der Waals surface area contributed by atoms with E-state index in [0.29, 0.717) is 0 Å². The van der Waals surface area contributed by atoms with Crippen molar-refractivity contribution in [3.63, 3.8) is 0 Å². The van der Waals surface area contributed by atoms with Crippen molar-refractivity contribution in [3.8, 4) is 5.75 Å². The fourth-order valence-electron chi connectivity index (χ4n) is 0.994. The molecule has 0 aliphatic heterocycles. The van der Waals surface area contributed by atoms with Crippen molar-refractivity contribution in [3.05, 3.63) is 23.8 Å². The van der Waals surface area contributed by atoms with E-state index in [4.69, 9.17) is 4.74 Å². The molecule has 1 atom stereocenters. The molecule has 12 heavy (non-hydrogen) atoms. The summed E-state index contributed by atoms with van der Waals surface area (Å²) in [6.45, 7) is 1.70. The highest BCUT2D eigenvalue weighted by atomic mass is 32.1. The molecule has 0 saturated carbocycles. The van der Waals surface area contributed by atoms with Crippen molar-refractivity contribution in [1.82, 2.24) is 0 Å². The monoisotopic (exact) mass is 184 g/mol. The SMILES string of the molecule is COc1ccc(S)c(C(C)O)c1. The van der Waals surface area contributed by atoms with Crippen LogP contribution in [0.4, 0.5) is 0 Å². The third-order valence-electron chi connectivity index (χ3n) is 1.68. The van der Waals surface area contributed by atoms with Crippen LogP contribution in [0.3, 0.4) is 0 Å². The summed E-state index contributed by atoms with van der Waals surface area (Å²) in [5.74, 6) is 0.740. The predicted octanol–water partition coefficient (Wildman–Crippen LogP) is 2.04. The van der Waals surface area contributed by atoms with Crippen LogP contribution in [0, 0.1) is 0 Å². The molecular formula is C9H12O2S. The van der Waals surface area contributed by atoms with E-state index in [1.165, 1.54) is 0 Å². The van der Waals surface area contributed by atoms with Gasteiger partial charge < -0.3 is 9.84 Å². The minimum atomic E-state index is -0.507. The highest BCUT2D eigenvalue weighted by Gasteiger charge is 2.06. The summed E-state index contributed by atoms with van der Waals surface area (Å²) in [7, 11) is 1.60. The van der Waals surface area contributed by atoms with Gasteiger partial charge in [0.05, 0.1) is 13.2 Å². The molecule has 2 nitrogen and oxygen atoms in total. The lowest BCUT2D eigenvalue weighted by atomic mass is 10.1. The average molecular weight is 184 g/mol. The second-order valence-electron chi connectivity index (χ2n) is 2.60. The van der Waals surface area contributed by atoms with E-state index >= 15 is 0 Å². The molecular weight excluding hydrogens is 172 g/mol. The van der Waals surface area contributed by atoms with E-state index < -0.39 is 6.10 Å². The maximum absolute atomic E-state index is 9.32. The van der Waals surface area contributed by atoms with E-state index in [9.17, 15) is 5.11 Å². The molecule has 1 aromatic carbocycles. The zero-order valence-electron chi connectivity index (χ0n) is 7.11. The minimum absolute atomic E-state index is 0.507. The Labute approximate surface area is 77.6 Å². The first-order chi connectivity index (χ1) is 5.65. The van der Waals surface area contributed by atoms with Crippen LogP contribution >= 0.6 is 12.6 Å². The average Bonchev–Trinajstić information content (AvgIpc) is 2.05. The number of ether oxygens (including phenoxy) is 1. The largest absolute Gasteiger partial charge is 0.497 e. The van der Waals surface area contributed by atoms with Gasteiger partial charge in [0.1, 0.15) is 5.75 Å². The summed E-state index contributed by atoms with van der Waals surface area (Å²) in [5.41, 5.74) is 0.790. The third-order valence-corrected chi connectivity index (χ3v) is 2.09. The van der Waals surface area contributed by atoms with Crippen LogP contribution in [0.2, 0.25) is 0 Å². The molecule has 1 aromatic rings. The summed E-state index contributed by atoms with van der Waals surface area (Å²) in [5, 5.41) is 9.32. The van der Waals surface area contributed by atoms with Gasteiger partial charge in [-0.25, -0.2) is 0 Å². The van der Waals surface area contributed by atoms with Crippen LogP contribution in [0.5, 0.6) is 5.75 Å². The van der Waals surface area contributed by atoms with E-state index in [2.05, 4.69) is 12.6 Å². The molecule has 0 amide bonds. The first-order valence-corrected chi connectivity index (χ1v) is 4.15. The molecule has 1 rings (SSSR count). The molecule has 66 valence electrons. The van der Waals surface area contributed by atoms with Gasteiger partial charge in [-0.2, -0.15) is 0 Å². The van der Waals surface area contributed by atoms with Gasteiger partial charge in [0.15, 0.2) is 0 Å². The van der Waals surface area contributed by atoms with Gasteiger partial charge in [0, 0.05) is 4.90 Å². The molecule has 3 heteroatoms. The molecule has 0 aliphatic carbocycles. The Morgan fingerprint density at radius 3 is 2.67 bits per heavy atom. The molecule has 1 unspecified atom stereocenters. The predicted molar refractivity (Wildman–Crippen MR) is 50.9 cm³/mol. The summed E-state index contributed by atoms with van der Waals surface area (Å²) >= 11 is 4.21. The Kier molecular flexibility index (Phi) is 3.00. The Hall–Kier alpha value is -0.670. The summed E-state index contributed by atoms with van der Waals surface area (Å²) in [6, 6.07) is 5.41. The van der Waals surface area contributed by atoms with Crippen molar-refractivity contribution >= 4 is 12.6 Å². The van der Waals surface area contributed by atoms with Crippen LogP contribution in [-0.2, 0) is 0 Å². The maximum atomic E-state index is 9.32. The highest BCUT2D eigenvalue weighted by molar-refractivity contribution is 7.80. The zero-order chi connectivity index (χ0) is 9.14. The van der Waals surface area contributed by atoms with Crippen LogP contribution in [0.25, 0.3) is 0 Å². The molecule has 0 radical (unpaired) electrons. The lowest BCUT2D eigenvalue weighted by molar-refractivity contribution is 0.196. The van der Waals surface area contributed by atoms with E-state index in [0.717, 1.165) is 16.2 Å². The minimum Gasteiger partial charge on any atom is -0.497 e. The van der Waals surface area contributed by atoms with E-state index in [1.807, 2.05) is 12.1 Å². The first-order valence-electron chi connectivity index (χ1n) is 3.70. The third kappa shape index (κ3) is 1.93. The summed E-state index contributed by atoms with van der Waals surface area (Å²) in [4.78, 5) is 0.783. The standard InChI is InChI=1S/C9H12O2S/c1-6(10)8-5-7(11-2)3-4-9(8)12/h3-6,10,12H,1-2H3. The van der Waals surface area contributed by atoms with Crippen molar-refractivity contribution in [2.75, 3.05) is 7.11 Å². The molecule has 0 saturated heterocycles. The fraction of sp³-hybridized carbons (Fsp3) is 0.333. The van der Waals surface area contributed by atoms with Crippen LogP contribution in [0.15, 0.2) is 23.1 Å². The van der Waals surface area contributed by atoms with Gasteiger partial charge in [-0.1, -0.05) is 0 Å². The number of benzene rings is 1. The van der Waals surface area contributed by atoms with Gasteiger partial charge in [-0.05, 0) is 30.7 Å². The van der Waals surface area contributed by atoms with Crippen molar-refractivity contribution in [2.45, 2.75) is 17.9 Å². The second-order valence-corrected chi connectivity index (χ2v) is 3.08. The molecule has 0 aromatic heterocycles. The number of methoxy groups -OCH3 is 1. The Morgan fingerprint density at radius 1 is 1.50 bits per heavy atom. The van der Waals surface area contributed by atoms with Gasteiger partial charge in [-0.15, -0.1) is 12.6 Å². The van der Waals surface area contributed by atoms with Gasteiger partial charge >= 0.3 is 0 Å². The van der Waals surface area contributed by atoms with E-state index in [1.54, 1.807) is 20.1 Å². The number of rotatable bonds is 2. The smallest absolute Gasteiger partial charge is 0.119 e. The van der Waals surface area contributed by atoms with Crippen molar-refractivity contribution < 1.29 is 9.84 Å². The van der Waals surface area contributed by atoms with Crippen molar-refractivity contribution in [1.29, 1.82) is 0 Å². The lowest BCUT2D eigenvalue weighted by Gasteiger charge is -2.09. The molecule has 0 fully saturated rings. The quantitative estimate of drug-likeness (QED) is 0.689. The summed E-state index contributed by atoms with van der Waals surface area (Å²) in [6.07, 6.45) is -0.507. The molecule has 1 N–H and O–H groups in total. The first kappa shape index (κ1) is 9.42. The number of aliphatic hydroxyl groups is 1. The molecule has 0 heterocycles. The molecule has 0 spiro atoms. The second kappa shape index (κ2) is 3.83. The maximum Gasteiger partial charge on any atom is 0.119 e. The summed E-state index contributed by atoms with van der Waals surface area (Å²) < 4.78 is 5.01. The van der Waals surface area contributed by atoms with Gasteiger partial charge in [-0.3, -0.25) is 0 Å². The number of aliphatic hydroxyl groups excluding tert-OH is 1. The van der Waals surface area contributed by atoms with E-state index in [-0.39, 0.29) is 0 Å². The topological polar surface area (TPSA) is 29.5 Å². The fourth-order valence-corrected chi connectivity index (χ4v) is 1.32. The van der Waals surface area contributed by atoms with Crippen molar-refractivity contribution in [2.24, 2.45) is 0 Å². The van der Waals surface area contributed by atoms with Gasteiger partial charge in [0.25, 0.3) is 0 Å². The van der Waals surface area contributed by atoms with Crippen LogP contribution in [-0.4, -0.2) is 12.2 Å². The van der Waals surface area contributed by atoms with Crippen LogP contribution < -0.4 is 4.74 Å². The number of thiol groups is 1. The number of hydrogen-bond donors (Lipinski definition) is 2. The Balaban J connectivity index is 3.08. The Bertz CT molecular complexity index is 271. The number of hydrogen-bond acceptors (Lipinski definition) is 3. The lowest BCUT2D eigenvalue weighted by Crippen LogP contribution is -1.94.